The Morgan fingerprint density at radius 2 is 1.74 bits per heavy atom. The summed E-state index contributed by atoms with van der Waals surface area (Å²) in [5.41, 5.74) is 3.86. The highest BCUT2D eigenvalue weighted by molar-refractivity contribution is 9.10. The van der Waals surface area contributed by atoms with E-state index in [0.717, 1.165) is 6.07 Å². The van der Waals surface area contributed by atoms with E-state index in [4.69, 9.17) is 9.47 Å². The lowest BCUT2D eigenvalue weighted by Gasteiger charge is -2.11. The summed E-state index contributed by atoms with van der Waals surface area (Å²) in [5, 5.41) is 26.5. The summed E-state index contributed by atoms with van der Waals surface area (Å²) in [6, 6.07) is 16.2. The van der Waals surface area contributed by atoms with Crippen LogP contribution in [-0.4, -0.2) is 34.5 Å². The SMILES string of the molecule is C/C(=N\NC(=O)C(=Cc1ccc2c(c1)OCO2)NC(=O)c1ccccc1)c1cc(Br)c(O)cc1O. The number of carbonyl (C=O) groups is 2. The first-order valence-electron chi connectivity index (χ1n) is 10.4. The van der Waals surface area contributed by atoms with Gasteiger partial charge in [-0.2, -0.15) is 5.10 Å². The summed E-state index contributed by atoms with van der Waals surface area (Å²) in [7, 11) is 0. The molecule has 0 radical (unpaired) electrons. The Morgan fingerprint density at radius 1 is 1.00 bits per heavy atom. The summed E-state index contributed by atoms with van der Waals surface area (Å²) in [5.74, 6) is -0.413. The van der Waals surface area contributed by atoms with Gasteiger partial charge in [-0.15, -0.1) is 0 Å². The van der Waals surface area contributed by atoms with Crippen molar-refractivity contribution in [1.29, 1.82) is 0 Å². The van der Waals surface area contributed by atoms with Crippen molar-refractivity contribution in [2.24, 2.45) is 5.10 Å². The number of halogens is 1. The zero-order valence-electron chi connectivity index (χ0n) is 18.4. The number of hydrogen-bond donors (Lipinski definition) is 4. The van der Waals surface area contributed by atoms with E-state index < -0.39 is 11.8 Å². The monoisotopic (exact) mass is 537 g/mol. The molecule has 178 valence electrons. The Balaban J connectivity index is 1.61. The van der Waals surface area contributed by atoms with Crippen molar-refractivity contribution in [3.05, 3.63) is 87.5 Å². The molecule has 10 heteroatoms. The van der Waals surface area contributed by atoms with Crippen LogP contribution in [0.4, 0.5) is 0 Å². The molecule has 3 aromatic carbocycles. The van der Waals surface area contributed by atoms with Gasteiger partial charge < -0.3 is 25.0 Å². The fraction of sp³-hybridized carbons (Fsp3) is 0.0800. The second kappa shape index (κ2) is 10.3. The molecule has 0 spiro atoms. The lowest BCUT2D eigenvalue weighted by Crippen LogP contribution is -2.33. The number of aromatic hydroxyl groups is 2. The Bertz CT molecular complexity index is 1350. The minimum absolute atomic E-state index is 0.0645. The molecule has 9 nitrogen and oxygen atoms in total. The van der Waals surface area contributed by atoms with Crippen LogP contribution in [0.1, 0.15) is 28.4 Å². The number of fused-ring (bicyclic) bond motifs is 1. The molecule has 35 heavy (non-hydrogen) atoms. The number of phenolic OH excluding ortho intramolecular Hbond substituents is 2. The van der Waals surface area contributed by atoms with Gasteiger partial charge in [-0.1, -0.05) is 24.3 Å². The fourth-order valence-corrected chi connectivity index (χ4v) is 3.55. The molecule has 0 bridgehead atoms. The van der Waals surface area contributed by atoms with Gasteiger partial charge in [0.25, 0.3) is 11.8 Å². The average Bonchev–Trinajstić information content (AvgIpc) is 3.32. The van der Waals surface area contributed by atoms with Gasteiger partial charge in [0.15, 0.2) is 11.5 Å². The van der Waals surface area contributed by atoms with Crippen LogP contribution < -0.4 is 20.2 Å². The van der Waals surface area contributed by atoms with Crippen molar-refractivity contribution < 1.29 is 29.3 Å². The van der Waals surface area contributed by atoms with E-state index in [0.29, 0.717) is 32.7 Å². The van der Waals surface area contributed by atoms with Gasteiger partial charge in [0.1, 0.15) is 17.2 Å². The van der Waals surface area contributed by atoms with E-state index in [2.05, 4.69) is 31.8 Å². The van der Waals surface area contributed by atoms with Crippen LogP contribution >= 0.6 is 15.9 Å². The third kappa shape index (κ3) is 5.61. The molecule has 1 aliphatic rings. The number of nitrogens with one attached hydrogen (secondary N) is 2. The molecule has 2 amide bonds. The summed E-state index contributed by atoms with van der Waals surface area (Å²) in [4.78, 5) is 25.8. The zero-order chi connectivity index (χ0) is 24.9. The molecule has 0 saturated carbocycles. The molecular formula is C25H20BrN3O6. The third-order valence-corrected chi connectivity index (χ3v) is 5.65. The Morgan fingerprint density at radius 3 is 2.51 bits per heavy atom. The zero-order valence-corrected chi connectivity index (χ0v) is 20.0. The number of phenols is 2. The first-order chi connectivity index (χ1) is 16.8. The van der Waals surface area contributed by atoms with Crippen LogP contribution in [0.2, 0.25) is 0 Å². The number of benzene rings is 3. The smallest absolute Gasteiger partial charge is 0.287 e. The molecule has 0 fully saturated rings. The van der Waals surface area contributed by atoms with Crippen LogP contribution in [0.5, 0.6) is 23.0 Å². The van der Waals surface area contributed by atoms with Gasteiger partial charge in [-0.25, -0.2) is 5.43 Å². The average molecular weight is 538 g/mol. The second-order valence-electron chi connectivity index (χ2n) is 7.45. The van der Waals surface area contributed by atoms with Crippen molar-refractivity contribution in [1.82, 2.24) is 10.7 Å². The normalized spacial score (nSPS) is 12.9. The summed E-state index contributed by atoms with van der Waals surface area (Å²) >= 11 is 3.18. The molecule has 4 N–H and O–H groups in total. The molecule has 1 heterocycles. The number of amides is 2. The Hall–Kier alpha value is -4.31. The number of nitrogens with zero attached hydrogens (tertiary/aromatic N) is 1. The Labute approximate surface area is 208 Å². The molecule has 3 aromatic rings. The molecule has 0 saturated heterocycles. The first-order valence-corrected chi connectivity index (χ1v) is 11.2. The highest BCUT2D eigenvalue weighted by Crippen LogP contribution is 2.33. The molecule has 0 atom stereocenters. The molecule has 0 aliphatic carbocycles. The van der Waals surface area contributed by atoms with Crippen LogP contribution in [0.25, 0.3) is 6.08 Å². The molecule has 1 aliphatic heterocycles. The van der Waals surface area contributed by atoms with Crippen LogP contribution in [0, 0.1) is 0 Å². The van der Waals surface area contributed by atoms with Gasteiger partial charge in [0.05, 0.1) is 10.2 Å². The van der Waals surface area contributed by atoms with Gasteiger partial charge >= 0.3 is 0 Å². The van der Waals surface area contributed by atoms with Crippen molar-refractivity contribution in [2.45, 2.75) is 6.92 Å². The number of ether oxygens (including phenoxy) is 2. The van der Waals surface area contributed by atoms with Crippen molar-refractivity contribution in [3.8, 4) is 23.0 Å². The number of rotatable bonds is 6. The highest BCUT2D eigenvalue weighted by Gasteiger charge is 2.17. The number of hydrazone groups is 1. The highest BCUT2D eigenvalue weighted by atomic mass is 79.9. The maximum atomic E-state index is 13.0. The summed E-state index contributed by atoms with van der Waals surface area (Å²) in [6.45, 7) is 1.68. The van der Waals surface area contributed by atoms with E-state index in [1.807, 2.05) is 0 Å². The van der Waals surface area contributed by atoms with Crippen LogP contribution in [0.3, 0.4) is 0 Å². The number of carbonyl (C=O) groups excluding carboxylic acids is 2. The fourth-order valence-electron chi connectivity index (χ4n) is 3.21. The third-order valence-electron chi connectivity index (χ3n) is 5.02. The van der Waals surface area contributed by atoms with Crippen molar-refractivity contribution in [3.63, 3.8) is 0 Å². The molecule has 0 unspecified atom stereocenters. The lowest BCUT2D eigenvalue weighted by atomic mass is 10.1. The largest absolute Gasteiger partial charge is 0.507 e. The number of hydrogen-bond acceptors (Lipinski definition) is 7. The quantitative estimate of drug-likeness (QED) is 0.214. The minimum Gasteiger partial charge on any atom is -0.507 e. The predicted molar refractivity (Wildman–Crippen MR) is 132 cm³/mol. The van der Waals surface area contributed by atoms with Gasteiger partial charge in [0.2, 0.25) is 6.79 Å². The molecule has 4 rings (SSSR count). The second-order valence-corrected chi connectivity index (χ2v) is 8.30. The van der Waals surface area contributed by atoms with E-state index in [1.165, 1.54) is 12.1 Å². The maximum Gasteiger partial charge on any atom is 0.287 e. The van der Waals surface area contributed by atoms with Crippen molar-refractivity contribution >= 4 is 39.5 Å². The maximum absolute atomic E-state index is 13.0. The standard InChI is InChI=1S/C25H20BrN3O6/c1-14(17-11-18(26)21(31)12-20(17)30)28-29-25(33)19(27-24(32)16-5-3-2-4-6-16)9-15-7-8-22-23(10-15)35-13-34-22/h2-12,30-31H,13H2,1H3,(H,27,32)(H,29,33)/b19-9?,28-14+. The van der Waals surface area contributed by atoms with Gasteiger partial charge in [0, 0.05) is 17.2 Å². The topological polar surface area (TPSA) is 129 Å². The minimum atomic E-state index is -0.691. The van der Waals surface area contributed by atoms with Gasteiger partial charge in [-0.05, 0) is 64.8 Å². The van der Waals surface area contributed by atoms with Crippen LogP contribution in [0.15, 0.2) is 75.9 Å². The van der Waals surface area contributed by atoms with E-state index in [-0.39, 0.29) is 29.7 Å². The van der Waals surface area contributed by atoms with Crippen LogP contribution in [-0.2, 0) is 4.79 Å². The van der Waals surface area contributed by atoms with E-state index in [9.17, 15) is 19.8 Å². The van der Waals surface area contributed by atoms with Crippen molar-refractivity contribution in [2.75, 3.05) is 6.79 Å². The summed E-state index contributed by atoms with van der Waals surface area (Å²) < 4.78 is 11.0. The summed E-state index contributed by atoms with van der Waals surface area (Å²) in [6.07, 6.45) is 1.48. The predicted octanol–water partition coefficient (Wildman–Crippen LogP) is 3.90. The Kier molecular flexibility index (Phi) is 7.02. The molecule has 0 aromatic heterocycles. The molecular weight excluding hydrogens is 518 g/mol. The lowest BCUT2D eigenvalue weighted by molar-refractivity contribution is -0.117. The van der Waals surface area contributed by atoms with E-state index in [1.54, 1.807) is 55.5 Å². The van der Waals surface area contributed by atoms with Gasteiger partial charge in [-0.3, -0.25) is 9.59 Å². The van der Waals surface area contributed by atoms with E-state index >= 15 is 0 Å². The first kappa shape index (κ1) is 23.8.